The second kappa shape index (κ2) is 18.9. The third-order valence-electron chi connectivity index (χ3n) is 10.6. The average molecular weight is 728 g/mol. The number of hydrogen-bond acceptors (Lipinski definition) is 10. The number of likely N-dealkylation sites (tertiary alicyclic amines) is 1. The molecular weight excluding hydrogens is 671 g/mol. The summed E-state index contributed by atoms with van der Waals surface area (Å²) in [6.07, 6.45) is 3.61. The Morgan fingerprint density at radius 2 is 1.88 bits per heavy atom. The van der Waals surface area contributed by atoms with Crippen LogP contribution in [-0.4, -0.2) is 109 Å². The Bertz CT molecular complexity index is 1480. The van der Waals surface area contributed by atoms with Crippen molar-refractivity contribution in [2.75, 3.05) is 41.0 Å². The predicted octanol–water partition coefficient (Wildman–Crippen LogP) is 4.08. The quantitative estimate of drug-likeness (QED) is 0.218. The Balaban J connectivity index is 1.48. The molecule has 2 aliphatic rings. The van der Waals surface area contributed by atoms with Gasteiger partial charge in [-0.3, -0.25) is 24.1 Å². The molecule has 1 fully saturated rings. The first-order valence-corrected chi connectivity index (χ1v) is 19.2. The number of hydrogen-bond donors (Lipinski definition) is 3. The standard InChI is InChI=1S/C38H57N5O7S/c1-8-24(4)33(41-35(46)30-15-11-12-16-42(30)5)37(47)43(17-18-49-6)31(23(2)3)21-32(44)36-40-29(22-51-36)34(45)39-26-19-25-13-9-10-14-27(25)28(20-26)38(48)50-7/h9-10,13-14,22-24,26,28,30-33,44H,8,11-12,15-21H2,1-7H3,(H,39,45)(H,41,46)/t24-,26-,28+,30?,31+,32+,33-/m0/s1. The van der Waals surface area contributed by atoms with Crippen LogP contribution >= 0.6 is 11.3 Å². The molecular formula is C38H57N5O7S. The van der Waals surface area contributed by atoms with Crippen LogP contribution < -0.4 is 10.6 Å². The molecule has 1 aromatic carbocycles. The van der Waals surface area contributed by atoms with Crippen molar-refractivity contribution < 1.29 is 33.8 Å². The molecule has 7 atom stereocenters. The second-order valence-corrected chi connectivity index (χ2v) is 15.3. The van der Waals surface area contributed by atoms with E-state index in [4.69, 9.17) is 9.47 Å². The minimum absolute atomic E-state index is 0.0436. The summed E-state index contributed by atoms with van der Waals surface area (Å²) in [4.78, 5) is 62.2. The Morgan fingerprint density at radius 3 is 2.55 bits per heavy atom. The Labute approximate surface area is 306 Å². The van der Waals surface area contributed by atoms with Crippen molar-refractivity contribution in [3.63, 3.8) is 0 Å². The van der Waals surface area contributed by atoms with Gasteiger partial charge in [-0.15, -0.1) is 11.3 Å². The fourth-order valence-corrected chi connectivity index (χ4v) is 8.13. The van der Waals surface area contributed by atoms with Gasteiger partial charge in [-0.2, -0.15) is 0 Å². The number of carbonyl (C=O) groups is 4. The average Bonchev–Trinajstić information content (AvgIpc) is 3.63. The van der Waals surface area contributed by atoms with Crippen molar-refractivity contribution in [3.8, 4) is 0 Å². The van der Waals surface area contributed by atoms with E-state index in [2.05, 4.69) is 20.5 Å². The summed E-state index contributed by atoms with van der Waals surface area (Å²) < 4.78 is 10.5. The fraction of sp³-hybridized carbons (Fsp3) is 0.658. The smallest absolute Gasteiger partial charge is 0.313 e. The first-order chi connectivity index (χ1) is 24.4. The van der Waals surface area contributed by atoms with Crippen LogP contribution in [0.3, 0.4) is 0 Å². The lowest BCUT2D eigenvalue weighted by Crippen LogP contribution is -2.59. The second-order valence-electron chi connectivity index (χ2n) is 14.4. The summed E-state index contributed by atoms with van der Waals surface area (Å²) in [5, 5.41) is 19.6. The van der Waals surface area contributed by atoms with E-state index in [1.807, 2.05) is 59.0 Å². The topological polar surface area (TPSA) is 150 Å². The van der Waals surface area contributed by atoms with E-state index < -0.39 is 24.1 Å². The van der Waals surface area contributed by atoms with Gasteiger partial charge in [0.2, 0.25) is 11.8 Å². The molecule has 3 N–H and O–H groups in total. The molecule has 282 valence electrons. The number of methoxy groups -OCH3 is 2. The largest absolute Gasteiger partial charge is 0.469 e. The number of aliphatic hydroxyl groups excluding tert-OH is 1. The molecule has 51 heavy (non-hydrogen) atoms. The summed E-state index contributed by atoms with van der Waals surface area (Å²) >= 11 is 1.19. The van der Waals surface area contributed by atoms with Crippen molar-refractivity contribution in [2.45, 2.75) is 109 Å². The summed E-state index contributed by atoms with van der Waals surface area (Å²) in [7, 11) is 4.90. The zero-order valence-corrected chi connectivity index (χ0v) is 32.0. The van der Waals surface area contributed by atoms with E-state index in [1.165, 1.54) is 18.4 Å². The van der Waals surface area contributed by atoms with Gasteiger partial charge < -0.3 is 30.1 Å². The number of likely N-dealkylation sites (N-methyl/N-ethyl adjacent to an activating group) is 1. The highest BCUT2D eigenvalue weighted by molar-refractivity contribution is 7.09. The minimum Gasteiger partial charge on any atom is -0.469 e. The SMILES string of the molecule is CC[C@H](C)[C@H](NC(=O)C1CCCCN1C)C(=O)N(CCOC)[C@H](C[C@@H](O)c1nc(C(=O)N[C@H]2Cc3ccccc3[C@H](C(=O)OC)C2)cs1)C(C)C. The molecule has 0 bridgehead atoms. The number of fused-ring (bicyclic) bond motifs is 1. The molecule has 0 spiro atoms. The third-order valence-corrected chi connectivity index (χ3v) is 11.5. The highest BCUT2D eigenvalue weighted by atomic mass is 32.1. The van der Waals surface area contributed by atoms with Gasteiger partial charge in [-0.25, -0.2) is 4.98 Å². The maximum atomic E-state index is 14.4. The molecule has 2 aromatic rings. The van der Waals surface area contributed by atoms with Gasteiger partial charge in [0.1, 0.15) is 22.8 Å². The number of thiazole rings is 1. The van der Waals surface area contributed by atoms with Crippen LogP contribution in [-0.2, 0) is 30.3 Å². The monoisotopic (exact) mass is 727 g/mol. The number of nitrogens with one attached hydrogen (secondary N) is 2. The molecule has 3 amide bonds. The fourth-order valence-electron chi connectivity index (χ4n) is 7.34. The number of amides is 3. The van der Waals surface area contributed by atoms with Gasteiger partial charge in [0.15, 0.2) is 0 Å². The Hall–Kier alpha value is -3.39. The lowest BCUT2D eigenvalue weighted by molar-refractivity contribution is -0.143. The molecule has 2 heterocycles. The van der Waals surface area contributed by atoms with Crippen molar-refractivity contribution in [2.24, 2.45) is 11.8 Å². The van der Waals surface area contributed by atoms with Gasteiger partial charge in [-0.05, 0) is 62.2 Å². The van der Waals surface area contributed by atoms with Gasteiger partial charge in [0, 0.05) is 37.5 Å². The zero-order chi connectivity index (χ0) is 37.2. The maximum absolute atomic E-state index is 14.4. The lowest BCUT2D eigenvalue weighted by Gasteiger charge is -2.39. The molecule has 12 nitrogen and oxygen atoms in total. The van der Waals surface area contributed by atoms with E-state index >= 15 is 0 Å². The first-order valence-electron chi connectivity index (χ1n) is 18.3. The number of ether oxygens (including phenoxy) is 2. The molecule has 4 rings (SSSR count). The molecule has 1 aromatic heterocycles. The summed E-state index contributed by atoms with van der Waals surface area (Å²) in [6.45, 7) is 9.42. The molecule has 1 unspecified atom stereocenters. The highest BCUT2D eigenvalue weighted by Gasteiger charge is 2.38. The number of aromatic nitrogens is 1. The Kier molecular flexibility index (Phi) is 15.0. The normalized spacial score (nSPS) is 21.5. The first kappa shape index (κ1) is 40.4. The van der Waals surface area contributed by atoms with Crippen LogP contribution in [0.2, 0.25) is 0 Å². The van der Waals surface area contributed by atoms with Gasteiger partial charge >= 0.3 is 5.97 Å². The lowest BCUT2D eigenvalue weighted by atomic mass is 9.80. The summed E-state index contributed by atoms with van der Waals surface area (Å²) in [5.74, 6) is -1.68. The maximum Gasteiger partial charge on any atom is 0.313 e. The summed E-state index contributed by atoms with van der Waals surface area (Å²) in [5.41, 5.74) is 2.09. The van der Waals surface area contributed by atoms with Crippen molar-refractivity contribution in [1.29, 1.82) is 0 Å². The molecule has 1 aliphatic carbocycles. The number of esters is 1. The third kappa shape index (κ3) is 10.1. The molecule has 1 saturated heterocycles. The van der Waals surface area contributed by atoms with E-state index in [9.17, 15) is 24.3 Å². The molecule has 13 heteroatoms. The summed E-state index contributed by atoms with van der Waals surface area (Å²) in [6, 6.07) is 6.00. The van der Waals surface area contributed by atoms with E-state index in [-0.39, 0.29) is 59.7 Å². The van der Waals surface area contributed by atoms with Crippen LogP contribution in [0.25, 0.3) is 0 Å². The Morgan fingerprint density at radius 1 is 1.14 bits per heavy atom. The van der Waals surface area contributed by atoms with E-state index in [0.717, 1.165) is 36.9 Å². The van der Waals surface area contributed by atoms with Crippen LogP contribution in [0.15, 0.2) is 29.6 Å². The minimum atomic E-state index is -1.04. The van der Waals surface area contributed by atoms with Gasteiger partial charge in [-0.1, -0.05) is 64.8 Å². The number of piperidine rings is 1. The van der Waals surface area contributed by atoms with Gasteiger partial charge in [0.05, 0.1) is 25.7 Å². The molecule has 0 radical (unpaired) electrons. The van der Waals surface area contributed by atoms with E-state index in [1.54, 1.807) is 17.4 Å². The number of rotatable bonds is 16. The van der Waals surface area contributed by atoms with Crippen LogP contribution in [0.1, 0.15) is 105 Å². The van der Waals surface area contributed by atoms with Gasteiger partial charge in [0.25, 0.3) is 5.91 Å². The van der Waals surface area contributed by atoms with E-state index in [0.29, 0.717) is 37.4 Å². The number of aliphatic hydroxyl groups is 1. The van der Waals surface area contributed by atoms with Crippen molar-refractivity contribution >= 4 is 35.0 Å². The van der Waals surface area contributed by atoms with Crippen LogP contribution in [0, 0.1) is 11.8 Å². The number of carbonyl (C=O) groups excluding carboxylic acids is 4. The predicted molar refractivity (Wildman–Crippen MR) is 196 cm³/mol. The number of benzene rings is 1. The molecule has 1 aliphatic heterocycles. The molecule has 0 saturated carbocycles. The zero-order valence-electron chi connectivity index (χ0n) is 31.2. The highest BCUT2D eigenvalue weighted by Crippen LogP contribution is 2.33. The van der Waals surface area contributed by atoms with Crippen LogP contribution in [0.4, 0.5) is 0 Å². The van der Waals surface area contributed by atoms with Crippen molar-refractivity contribution in [3.05, 3.63) is 51.5 Å². The van der Waals surface area contributed by atoms with Crippen LogP contribution in [0.5, 0.6) is 0 Å². The van der Waals surface area contributed by atoms with Crippen molar-refractivity contribution in [1.82, 2.24) is 25.4 Å². The number of nitrogens with zero attached hydrogens (tertiary/aromatic N) is 3.